The van der Waals surface area contributed by atoms with Crippen LogP contribution in [0.5, 0.6) is 0 Å². The Hall–Kier alpha value is -3.89. The van der Waals surface area contributed by atoms with Crippen molar-refractivity contribution in [3.63, 3.8) is 0 Å². The van der Waals surface area contributed by atoms with Gasteiger partial charge in [0.25, 0.3) is 7.82 Å². The van der Waals surface area contributed by atoms with Crippen molar-refractivity contribution in [1.29, 1.82) is 0 Å². The minimum absolute atomic E-state index is 0.0808. The molecule has 0 amide bonds. The summed E-state index contributed by atoms with van der Waals surface area (Å²) >= 11 is 0. The molecule has 0 saturated heterocycles. The molecule has 0 aliphatic carbocycles. The largest absolute Gasteiger partial charge is 0.756 e. The molecule has 10 nitrogen and oxygen atoms in total. The van der Waals surface area contributed by atoms with Gasteiger partial charge in [-0.05, 0) is 83.5 Å². The molecule has 0 bridgehead atoms. The average Bonchev–Trinajstić information content (AvgIpc) is 3.21. The van der Waals surface area contributed by atoms with E-state index in [1.54, 1.807) is 12.2 Å². The van der Waals surface area contributed by atoms with Gasteiger partial charge in [0.2, 0.25) is 0 Å². The molecule has 0 radical (unpaired) electrons. The molecule has 1 N–H and O–H groups in total. The Balaban J connectivity index is 4.72. The summed E-state index contributed by atoms with van der Waals surface area (Å²) in [6.07, 6.45) is 53.9. The molecule has 2 unspecified atom stereocenters. The number of rotatable bonds is 37. The summed E-state index contributed by atoms with van der Waals surface area (Å²) in [5.41, 5.74) is 0. The number of aliphatic hydroxyl groups excluding tert-OH is 1. The third-order valence-corrected chi connectivity index (χ3v) is 9.25. The standard InChI is InChI=1S/C50H78NO9P/c1-6-8-10-12-14-16-18-20-22-24-26-28-30-32-34-36-38-40-49(53)57-45-48(46-59-61(55,56)58-44-43-51(3,4)5)60-50(54)42-41-47(52)39-37-35-33-31-29-27-25-23-21-19-17-15-13-11-9-7-2/h8-11,14-17,20-23,26-29,32-35,37,39,47-48,52H,6-7,12-13,18-19,24-25,30-31,36,38,40-46H2,1-5H3/b10-8-,11-9-,16-14-,17-15-,22-20-,23-21-,28-26-,29-27-,34-32-,35-33-,39-37-/t47?,48-/m1/s1. The zero-order valence-electron chi connectivity index (χ0n) is 37.9. The molecule has 0 aromatic heterocycles. The van der Waals surface area contributed by atoms with Crippen molar-refractivity contribution in [2.75, 3.05) is 47.5 Å². The predicted octanol–water partition coefficient (Wildman–Crippen LogP) is 11.0. The van der Waals surface area contributed by atoms with Crippen LogP contribution in [0.3, 0.4) is 0 Å². The second-order valence-electron chi connectivity index (χ2n) is 15.1. The molecule has 0 fully saturated rings. The number of carbonyl (C=O) groups is 2. The molecule has 0 aliphatic rings. The lowest BCUT2D eigenvalue weighted by molar-refractivity contribution is -0.870. The van der Waals surface area contributed by atoms with Crippen LogP contribution in [-0.4, -0.2) is 81.2 Å². The van der Waals surface area contributed by atoms with Gasteiger partial charge in [0.15, 0.2) is 6.10 Å². The monoisotopic (exact) mass is 868 g/mol. The molecule has 0 saturated carbocycles. The molecule has 3 atom stereocenters. The summed E-state index contributed by atoms with van der Waals surface area (Å²) in [5.74, 6) is -1.20. The fourth-order valence-corrected chi connectivity index (χ4v) is 5.58. The van der Waals surface area contributed by atoms with Crippen LogP contribution in [0.25, 0.3) is 0 Å². The Bertz CT molecular complexity index is 1510. The number of carbonyl (C=O) groups excluding carboxylic acids is 2. The minimum atomic E-state index is -4.72. The number of allylic oxidation sites excluding steroid dienone is 21. The van der Waals surface area contributed by atoms with Crippen LogP contribution >= 0.6 is 7.82 Å². The number of ether oxygens (including phenoxy) is 2. The Labute approximate surface area is 369 Å². The van der Waals surface area contributed by atoms with Crippen LogP contribution in [0.1, 0.15) is 110 Å². The molecular formula is C50H78NO9P. The number of quaternary nitrogens is 1. The second-order valence-corrected chi connectivity index (χ2v) is 16.6. The van der Waals surface area contributed by atoms with Crippen LogP contribution < -0.4 is 4.89 Å². The number of esters is 2. The molecule has 0 spiro atoms. The van der Waals surface area contributed by atoms with Gasteiger partial charge in [-0.15, -0.1) is 0 Å². The summed E-state index contributed by atoms with van der Waals surface area (Å²) in [6, 6.07) is 0. The van der Waals surface area contributed by atoms with Gasteiger partial charge in [-0.25, -0.2) is 0 Å². The normalized spacial score (nSPS) is 15.3. The first-order valence-corrected chi connectivity index (χ1v) is 23.5. The van der Waals surface area contributed by atoms with Crippen LogP contribution in [-0.2, 0) is 32.7 Å². The first-order chi connectivity index (χ1) is 29.4. The van der Waals surface area contributed by atoms with E-state index in [2.05, 4.69) is 111 Å². The van der Waals surface area contributed by atoms with E-state index in [0.717, 1.165) is 64.2 Å². The molecule has 0 aromatic carbocycles. The van der Waals surface area contributed by atoms with Gasteiger partial charge in [-0.3, -0.25) is 14.2 Å². The first-order valence-electron chi connectivity index (χ1n) is 22.0. The fourth-order valence-electron chi connectivity index (χ4n) is 4.86. The van der Waals surface area contributed by atoms with E-state index in [9.17, 15) is 24.2 Å². The summed E-state index contributed by atoms with van der Waals surface area (Å²) in [6.45, 7) is 3.61. The van der Waals surface area contributed by atoms with E-state index in [1.807, 2.05) is 45.4 Å². The van der Waals surface area contributed by atoms with E-state index in [1.165, 1.54) is 0 Å². The van der Waals surface area contributed by atoms with Crippen molar-refractivity contribution >= 4 is 19.8 Å². The van der Waals surface area contributed by atoms with E-state index in [0.29, 0.717) is 23.9 Å². The summed E-state index contributed by atoms with van der Waals surface area (Å²) < 4.78 is 33.6. The number of phosphoric ester groups is 1. The van der Waals surface area contributed by atoms with Crippen molar-refractivity contribution in [1.82, 2.24) is 0 Å². The van der Waals surface area contributed by atoms with Crippen molar-refractivity contribution in [3.8, 4) is 0 Å². The predicted molar refractivity (Wildman–Crippen MR) is 250 cm³/mol. The third-order valence-electron chi connectivity index (χ3n) is 8.28. The lowest BCUT2D eigenvalue weighted by atomic mass is 10.2. The van der Waals surface area contributed by atoms with Gasteiger partial charge in [0, 0.05) is 12.8 Å². The van der Waals surface area contributed by atoms with Gasteiger partial charge in [-0.1, -0.05) is 148 Å². The zero-order valence-corrected chi connectivity index (χ0v) is 38.8. The zero-order chi connectivity index (χ0) is 45.1. The maximum absolute atomic E-state index is 12.7. The smallest absolute Gasteiger partial charge is 0.306 e. The number of unbranched alkanes of at least 4 members (excludes halogenated alkanes) is 1. The lowest BCUT2D eigenvalue weighted by Crippen LogP contribution is -2.37. The highest BCUT2D eigenvalue weighted by Gasteiger charge is 2.22. The quantitative estimate of drug-likeness (QED) is 0.0162. The second kappa shape index (κ2) is 40.2. The minimum Gasteiger partial charge on any atom is -0.756 e. The average molecular weight is 868 g/mol. The van der Waals surface area contributed by atoms with Gasteiger partial charge in [0.05, 0.1) is 33.9 Å². The van der Waals surface area contributed by atoms with E-state index >= 15 is 0 Å². The summed E-state index contributed by atoms with van der Waals surface area (Å²) in [7, 11) is 0.964. The number of nitrogens with zero attached hydrogens (tertiary/aromatic N) is 1. The molecule has 0 rings (SSSR count). The van der Waals surface area contributed by atoms with E-state index in [-0.39, 0.29) is 25.9 Å². The van der Waals surface area contributed by atoms with Crippen LogP contribution in [0, 0.1) is 0 Å². The SMILES string of the molecule is CC/C=C\C/C=C\C/C=C\C/C=C\C/C=C\C=C/C(O)CCC(=O)O[C@H](COC(=O)CCC/C=C\C/C=C\C/C=C\C/C=C\C/C=C\CC)COP(=O)([O-])OCC[N+](C)(C)C. The van der Waals surface area contributed by atoms with Crippen molar-refractivity contribution < 1.29 is 47.2 Å². The highest BCUT2D eigenvalue weighted by molar-refractivity contribution is 7.45. The summed E-state index contributed by atoms with van der Waals surface area (Å²) in [5, 5.41) is 10.4. The van der Waals surface area contributed by atoms with Crippen molar-refractivity contribution in [2.24, 2.45) is 0 Å². The van der Waals surface area contributed by atoms with Crippen LogP contribution in [0.2, 0.25) is 0 Å². The van der Waals surface area contributed by atoms with Crippen molar-refractivity contribution in [2.45, 2.75) is 122 Å². The highest BCUT2D eigenvalue weighted by Crippen LogP contribution is 2.38. The first kappa shape index (κ1) is 57.1. The molecule has 0 aliphatic heterocycles. The molecule has 11 heteroatoms. The van der Waals surface area contributed by atoms with Gasteiger partial charge >= 0.3 is 11.9 Å². The van der Waals surface area contributed by atoms with E-state index < -0.39 is 45.2 Å². The number of aliphatic hydroxyl groups is 1. The van der Waals surface area contributed by atoms with E-state index in [4.69, 9.17) is 18.5 Å². The van der Waals surface area contributed by atoms with Gasteiger partial charge in [-0.2, -0.15) is 0 Å². The van der Waals surface area contributed by atoms with Crippen LogP contribution in [0.15, 0.2) is 134 Å². The third kappa shape index (κ3) is 44.0. The van der Waals surface area contributed by atoms with Gasteiger partial charge < -0.3 is 33.0 Å². The number of hydrogen-bond donors (Lipinski definition) is 1. The topological polar surface area (TPSA) is 131 Å². The molecule has 342 valence electrons. The Kier molecular flexibility index (Phi) is 37.6. The number of likely N-dealkylation sites (N-methyl/N-ethyl adjacent to an activating group) is 1. The molecule has 61 heavy (non-hydrogen) atoms. The summed E-state index contributed by atoms with van der Waals surface area (Å²) in [4.78, 5) is 37.6. The number of phosphoric acid groups is 1. The Morgan fingerprint density at radius 3 is 1.54 bits per heavy atom. The van der Waals surface area contributed by atoms with Gasteiger partial charge in [0.1, 0.15) is 19.8 Å². The lowest BCUT2D eigenvalue weighted by Gasteiger charge is -2.28. The Morgan fingerprint density at radius 2 is 1.07 bits per heavy atom. The number of hydrogen-bond acceptors (Lipinski definition) is 9. The van der Waals surface area contributed by atoms with Crippen molar-refractivity contribution in [3.05, 3.63) is 134 Å². The maximum Gasteiger partial charge on any atom is 0.306 e. The molecule has 0 heterocycles. The molecular weight excluding hydrogens is 790 g/mol. The molecule has 0 aromatic rings. The Morgan fingerprint density at radius 1 is 0.607 bits per heavy atom. The maximum atomic E-state index is 12.7. The van der Waals surface area contributed by atoms with Crippen LogP contribution in [0.4, 0.5) is 0 Å². The highest BCUT2D eigenvalue weighted by atomic mass is 31.2. The fraction of sp³-hybridized carbons (Fsp3) is 0.520.